The monoisotopic (exact) mass is 399 g/mol. The summed E-state index contributed by atoms with van der Waals surface area (Å²) >= 11 is 0. The fourth-order valence-electron chi connectivity index (χ4n) is 2.78. The molecule has 0 saturated heterocycles. The number of carbonyl (C=O) groups is 2. The van der Waals surface area contributed by atoms with E-state index in [-0.39, 0.29) is 10.8 Å². The minimum Gasteiger partial charge on any atom is -0.466 e. The number of hydrogen-bond donors (Lipinski definition) is 2. The van der Waals surface area contributed by atoms with Crippen LogP contribution in [0.2, 0.25) is 0 Å². The number of aliphatic imine (C=N–C) groups is 1. The first-order chi connectivity index (χ1) is 13.3. The van der Waals surface area contributed by atoms with E-state index in [1.165, 1.54) is 43.7 Å². The van der Waals surface area contributed by atoms with Gasteiger partial charge in [-0.2, -0.15) is 0 Å². The number of fused-ring (bicyclic) bond motifs is 1. The van der Waals surface area contributed by atoms with Gasteiger partial charge < -0.3 is 10.1 Å². The molecule has 0 bridgehead atoms. The van der Waals surface area contributed by atoms with Crippen molar-refractivity contribution in [2.24, 2.45) is 10.1 Å². The van der Waals surface area contributed by atoms with Crippen LogP contribution in [-0.4, -0.2) is 33.6 Å². The van der Waals surface area contributed by atoms with Gasteiger partial charge in [-0.15, -0.1) is 0 Å². The van der Waals surface area contributed by atoms with Crippen LogP contribution < -0.4 is 10.5 Å². The topological polar surface area (TPSA) is 128 Å². The average molecular weight is 399 g/mol. The van der Waals surface area contributed by atoms with Crippen molar-refractivity contribution in [1.29, 1.82) is 0 Å². The third-order valence-corrected chi connectivity index (χ3v) is 5.06. The molecule has 1 unspecified atom stereocenters. The van der Waals surface area contributed by atoms with E-state index >= 15 is 0 Å². The molecule has 1 atom stereocenters. The molecule has 0 spiro atoms. The van der Waals surface area contributed by atoms with Crippen molar-refractivity contribution in [2.45, 2.75) is 10.8 Å². The third-order valence-electron chi connectivity index (χ3n) is 4.13. The van der Waals surface area contributed by atoms with Crippen LogP contribution in [0.1, 0.15) is 17.0 Å². The summed E-state index contributed by atoms with van der Waals surface area (Å²) in [6.07, 6.45) is 4.33. The number of rotatable bonds is 5. The van der Waals surface area contributed by atoms with Gasteiger partial charge in [0.15, 0.2) is 0 Å². The largest absolute Gasteiger partial charge is 0.466 e. The maximum absolute atomic E-state index is 12.4. The summed E-state index contributed by atoms with van der Waals surface area (Å²) in [6.45, 7) is 0. The Hall–Kier alpha value is -3.30. The number of benzene rings is 2. The Labute approximate surface area is 161 Å². The summed E-state index contributed by atoms with van der Waals surface area (Å²) in [5.41, 5.74) is 2.48. The number of carbonyl (C=O) groups excluding carboxylic acids is 2. The maximum Gasteiger partial charge on any atom is 0.330 e. The standard InChI is InChI=1S/C19H17N3O5S/c1-27-17(23)10-5-12-3-2-4-16-18(12)15(19(24)22-16)11-21-13-6-8-14(9-7-13)28(20,25)26/h2-11,15H,1H3,(H,22,24)(H2,20,25,26)/b10-5+,21-11?. The van der Waals surface area contributed by atoms with Gasteiger partial charge in [-0.05, 0) is 42.0 Å². The Morgan fingerprint density at radius 2 is 1.93 bits per heavy atom. The fourth-order valence-corrected chi connectivity index (χ4v) is 3.29. The van der Waals surface area contributed by atoms with E-state index in [0.717, 1.165) is 0 Å². The summed E-state index contributed by atoms with van der Waals surface area (Å²) in [5.74, 6) is -1.42. The van der Waals surface area contributed by atoms with Crippen LogP contribution in [0.15, 0.2) is 58.4 Å². The SMILES string of the molecule is COC(=O)/C=C/c1cccc2c1C(C=Nc1ccc(S(N)(=O)=O)cc1)C(=O)N2. The molecule has 1 heterocycles. The molecule has 0 fully saturated rings. The smallest absolute Gasteiger partial charge is 0.330 e. The summed E-state index contributed by atoms with van der Waals surface area (Å²) in [4.78, 5) is 28.0. The highest BCUT2D eigenvalue weighted by Crippen LogP contribution is 2.35. The van der Waals surface area contributed by atoms with E-state index in [1.54, 1.807) is 24.3 Å². The van der Waals surface area contributed by atoms with Gasteiger partial charge in [0.1, 0.15) is 5.92 Å². The summed E-state index contributed by atoms with van der Waals surface area (Å²) < 4.78 is 27.2. The van der Waals surface area contributed by atoms with Gasteiger partial charge in [0.2, 0.25) is 15.9 Å². The highest BCUT2D eigenvalue weighted by Gasteiger charge is 2.30. The van der Waals surface area contributed by atoms with Crippen molar-refractivity contribution < 1.29 is 22.7 Å². The number of hydrogen-bond acceptors (Lipinski definition) is 6. The molecule has 28 heavy (non-hydrogen) atoms. The minimum absolute atomic E-state index is 0.0226. The molecule has 0 aliphatic carbocycles. The number of methoxy groups -OCH3 is 1. The second kappa shape index (κ2) is 7.75. The molecule has 3 rings (SSSR count). The van der Waals surface area contributed by atoms with Crippen LogP contribution in [0.4, 0.5) is 11.4 Å². The first kappa shape index (κ1) is 19.5. The lowest BCUT2D eigenvalue weighted by molar-refractivity contribution is -0.134. The second-order valence-electron chi connectivity index (χ2n) is 5.95. The quantitative estimate of drug-likeness (QED) is 0.451. The second-order valence-corrected chi connectivity index (χ2v) is 7.51. The Kier molecular flexibility index (Phi) is 5.39. The lowest BCUT2D eigenvalue weighted by atomic mass is 9.96. The molecule has 0 aromatic heterocycles. The van der Waals surface area contributed by atoms with Crippen LogP contribution in [-0.2, 0) is 24.3 Å². The summed E-state index contributed by atoms with van der Waals surface area (Å²) in [7, 11) is -2.50. The number of esters is 1. The number of amides is 1. The van der Waals surface area contributed by atoms with Crippen molar-refractivity contribution in [3.63, 3.8) is 0 Å². The Morgan fingerprint density at radius 3 is 2.57 bits per heavy atom. The van der Waals surface area contributed by atoms with Crippen LogP contribution in [0, 0.1) is 0 Å². The Bertz CT molecular complexity index is 1090. The predicted octanol–water partition coefficient (Wildman–Crippen LogP) is 1.96. The van der Waals surface area contributed by atoms with Gasteiger partial charge in [-0.1, -0.05) is 12.1 Å². The van der Waals surface area contributed by atoms with Gasteiger partial charge in [0, 0.05) is 23.5 Å². The first-order valence-electron chi connectivity index (χ1n) is 8.16. The van der Waals surface area contributed by atoms with E-state index in [9.17, 15) is 18.0 Å². The number of primary sulfonamides is 1. The van der Waals surface area contributed by atoms with Gasteiger partial charge in [0.25, 0.3) is 0 Å². The lowest BCUT2D eigenvalue weighted by Gasteiger charge is -2.07. The van der Waals surface area contributed by atoms with Gasteiger partial charge >= 0.3 is 5.97 Å². The average Bonchev–Trinajstić information content (AvgIpc) is 2.99. The van der Waals surface area contributed by atoms with Crippen LogP contribution in [0.5, 0.6) is 0 Å². The number of sulfonamides is 1. The molecule has 1 aliphatic heterocycles. The molecule has 2 aromatic rings. The number of anilines is 1. The van der Waals surface area contributed by atoms with Crippen LogP contribution in [0.3, 0.4) is 0 Å². The maximum atomic E-state index is 12.4. The van der Waals surface area contributed by atoms with Crippen molar-refractivity contribution in [1.82, 2.24) is 0 Å². The summed E-state index contributed by atoms with van der Waals surface area (Å²) in [5, 5.41) is 7.85. The highest BCUT2D eigenvalue weighted by molar-refractivity contribution is 7.89. The van der Waals surface area contributed by atoms with E-state index in [0.29, 0.717) is 22.5 Å². The first-order valence-corrected chi connectivity index (χ1v) is 9.71. The number of nitrogens with one attached hydrogen (secondary N) is 1. The van der Waals surface area contributed by atoms with Gasteiger partial charge in [-0.3, -0.25) is 9.79 Å². The number of nitrogens with zero attached hydrogens (tertiary/aromatic N) is 1. The fraction of sp³-hybridized carbons (Fsp3) is 0.105. The van der Waals surface area contributed by atoms with Crippen molar-refractivity contribution >= 4 is 45.6 Å². The van der Waals surface area contributed by atoms with Crippen LogP contribution >= 0.6 is 0 Å². The van der Waals surface area contributed by atoms with Crippen molar-refractivity contribution in [3.05, 3.63) is 59.7 Å². The lowest BCUT2D eigenvalue weighted by Crippen LogP contribution is -2.13. The third kappa shape index (κ3) is 4.16. The zero-order valence-corrected chi connectivity index (χ0v) is 15.6. The van der Waals surface area contributed by atoms with E-state index in [4.69, 9.17) is 5.14 Å². The van der Waals surface area contributed by atoms with Gasteiger partial charge in [-0.25, -0.2) is 18.4 Å². The van der Waals surface area contributed by atoms with E-state index in [1.807, 2.05) is 0 Å². The van der Waals surface area contributed by atoms with E-state index < -0.39 is 21.9 Å². The Balaban J connectivity index is 1.91. The van der Waals surface area contributed by atoms with Crippen molar-refractivity contribution in [3.8, 4) is 0 Å². The molecule has 8 nitrogen and oxygen atoms in total. The highest BCUT2D eigenvalue weighted by atomic mass is 32.2. The normalized spacial score (nSPS) is 16.4. The van der Waals surface area contributed by atoms with Crippen LogP contribution in [0.25, 0.3) is 6.08 Å². The summed E-state index contributed by atoms with van der Waals surface area (Å²) in [6, 6.07) is 11.0. The predicted molar refractivity (Wildman–Crippen MR) is 105 cm³/mol. The molecule has 0 saturated carbocycles. The molecule has 144 valence electrons. The Morgan fingerprint density at radius 1 is 1.21 bits per heavy atom. The van der Waals surface area contributed by atoms with E-state index in [2.05, 4.69) is 15.0 Å². The molecule has 1 amide bonds. The molecular weight excluding hydrogens is 382 g/mol. The number of ether oxygens (including phenoxy) is 1. The molecular formula is C19H17N3O5S. The van der Waals surface area contributed by atoms with Crippen molar-refractivity contribution in [2.75, 3.05) is 12.4 Å². The zero-order valence-electron chi connectivity index (χ0n) is 14.8. The minimum atomic E-state index is -3.78. The molecule has 3 N–H and O–H groups in total. The molecule has 0 radical (unpaired) electrons. The molecule has 1 aliphatic rings. The molecule has 9 heteroatoms. The number of nitrogens with two attached hydrogens (primary N) is 1. The van der Waals surface area contributed by atoms with Gasteiger partial charge in [0.05, 0.1) is 17.7 Å². The zero-order chi connectivity index (χ0) is 20.3. The molecule has 2 aromatic carbocycles.